The number of halogens is 3. The molecule has 0 radical (unpaired) electrons. The summed E-state index contributed by atoms with van der Waals surface area (Å²) in [6, 6.07) is 7.12. The lowest BCUT2D eigenvalue weighted by Gasteiger charge is -2.39. The number of benzene rings is 1. The molecule has 1 aliphatic heterocycles. The average molecular weight is 470 g/mol. The van der Waals surface area contributed by atoms with E-state index in [4.69, 9.17) is 4.74 Å². The van der Waals surface area contributed by atoms with Crippen LogP contribution in [0.3, 0.4) is 0 Å². The van der Waals surface area contributed by atoms with E-state index in [1.807, 2.05) is 6.92 Å². The minimum atomic E-state index is -0.971. The lowest BCUT2D eigenvalue weighted by molar-refractivity contribution is -0.121. The van der Waals surface area contributed by atoms with Gasteiger partial charge in [0, 0.05) is 18.8 Å². The van der Waals surface area contributed by atoms with E-state index >= 15 is 0 Å². The monoisotopic (exact) mass is 470 g/mol. The van der Waals surface area contributed by atoms with Crippen molar-refractivity contribution in [1.82, 2.24) is 9.97 Å². The van der Waals surface area contributed by atoms with Gasteiger partial charge in [0.1, 0.15) is 28.8 Å². The Bertz CT molecular complexity index is 1180. The van der Waals surface area contributed by atoms with Crippen molar-refractivity contribution >= 4 is 5.78 Å². The molecule has 34 heavy (non-hydrogen) atoms. The van der Waals surface area contributed by atoms with Gasteiger partial charge < -0.3 is 9.84 Å². The first-order chi connectivity index (χ1) is 16.3. The lowest BCUT2D eigenvalue weighted by atomic mass is 9.81. The van der Waals surface area contributed by atoms with Crippen molar-refractivity contribution in [3.05, 3.63) is 83.1 Å². The van der Waals surface area contributed by atoms with Crippen LogP contribution in [0.2, 0.25) is 0 Å². The van der Waals surface area contributed by atoms with Crippen LogP contribution in [0.4, 0.5) is 13.2 Å². The van der Waals surface area contributed by atoms with Gasteiger partial charge >= 0.3 is 0 Å². The third-order valence-electron chi connectivity index (χ3n) is 6.56. The van der Waals surface area contributed by atoms with E-state index in [2.05, 4.69) is 16.9 Å². The maximum absolute atomic E-state index is 14.4. The summed E-state index contributed by atoms with van der Waals surface area (Å²) in [6.07, 6.45) is 3.15. The quantitative estimate of drug-likeness (QED) is 0.509. The van der Waals surface area contributed by atoms with E-state index in [-0.39, 0.29) is 36.8 Å². The van der Waals surface area contributed by atoms with E-state index in [9.17, 15) is 23.1 Å². The minimum Gasteiger partial charge on any atom is -0.394 e. The van der Waals surface area contributed by atoms with Gasteiger partial charge in [-0.1, -0.05) is 19.9 Å². The number of ether oxygens (including phenoxy) is 1. The van der Waals surface area contributed by atoms with E-state index < -0.39 is 34.5 Å². The van der Waals surface area contributed by atoms with Gasteiger partial charge in [-0.3, -0.25) is 9.78 Å². The number of aliphatic hydroxyl groups excluding tert-OH is 1. The molecule has 5 nitrogen and oxygen atoms in total. The van der Waals surface area contributed by atoms with Crippen LogP contribution in [-0.2, 0) is 11.2 Å². The molecule has 2 aromatic heterocycles. The van der Waals surface area contributed by atoms with E-state index in [0.717, 1.165) is 23.8 Å². The smallest absolute Gasteiger partial charge is 0.185 e. The summed E-state index contributed by atoms with van der Waals surface area (Å²) in [5, 5.41) is 9.70. The molecule has 178 valence electrons. The zero-order chi connectivity index (χ0) is 24.4. The van der Waals surface area contributed by atoms with Gasteiger partial charge in [-0.05, 0) is 59.7 Å². The molecule has 3 heterocycles. The molecule has 1 fully saturated rings. The highest BCUT2D eigenvalue weighted by molar-refractivity contribution is 5.96. The molecule has 0 aliphatic carbocycles. The number of ketones is 1. The van der Waals surface area contributed by atoms with Crippen molar-refractivity contribution in [2.75, 3.05) is 6.61 Å². The molecule has 4 atom stereocenters. The van der Waals surface area contributed by atoms with E-state index in [0.29, 0.717) is 17.9 Å². The summed E-state index contributed by atoms with van der Waals surface area (Å²) in [6.45, 7) is 4.03. The molecule has 0 amide bonds. The van der Waals surface area contributed by atoms with E-state index in [1.165, 1.54) is 12.1 Å². The normalized spacial score (nSPS) is 22.5. The number of hydrogen-bond donors (Lipinski definition) is 1. The molecule has 1 saturated heterocycles. The predicted molar refractivity (Wildman–Crippen MR) is 119 cm³/mol. The number of aliphatic hydroxyl groups is 1. The van der Waals surface area contributed by atoms with Crippen molar-refractivity contribution < 1.29 is 27.8 Å². The SMILES string of the molecule is C[C@H]1[C@H](C)C[C@H](c2ccncc2CC(=O)c2ccc(F)c(-c3c(F)cccc3F)n2)O[C@@H]1CO. The molecule has 4 rings (SSSR count). The number of Topliss-reactive ketones (excluding diaryl/α,β-unsaturated/α-hetero) is 1. The highest BCUT2D eigenvalue weighted by Gasteiger charge is 2.35. The summed E-state index contributed by atoms with van der Waals surface area (Å²) >= 11 is 0. The second-order valence-corrected chi connectivity index (χ2v) is 8.72. The van der Waals surface area contributed by atoms with Gasteiger partial charge in [0.05, 0.1) is 24.4 Å². The van der Waals surface area contributed by atoms with Gasteiger partial charge in [-0.25, -0.2) is 18.2 Å². The summed E-state index contributed by atoms with van der Waals surface area (Å²) in [5.74, 6) is -2.85. The number of pyridine rings is 2. The van der Waals surface area contributed by atoms with Gasteiger partial charge in [0.25, 0.3) is 0 Å². The third kappa shape index (κ3) is 4.74. The first-order valence-corrected chi connectivity index (χ1v) is 11.1. The molecule has 0 bridgehead atoms. The Morgan fingerprint density at radius 2 is 1.82 bits per heavy atom. The molecular formula is C26H25F3N2O3. The Labute approximate surface area is 195 Å². The Balaban J connectivity index is 1.63. The predicted octanol–water partition coefficient (Wildman–Crippen LogP) is 5.08. The van der Waals surface area contributed by atoms with Crippen LogP contribution in [0.25, 0.3) is 11.3 Å². The average Bonchev–Trinajstić information content (AvgIpc) is 2.82. The summed E-state index contributed by atoms with van der Waals surface area (Å²) in [4.78, 5) is 21.2. The summed E-state index contributed by atoms with van der Waals surface area (Å²) < 4.78 is 48.9. The second kappa shape index (κ2) is 10.0. The highest BCUT2D eigenvalue weighted by atomic mass is 19.1. The van der Waals surface area contributed by atoms with Crippen LogP contribution in [0, 0.1) is 29.3 Å². The van der Waals surface area contributed by atoms with Gasteiger partial charge in [-0.15, -0.1) is 0 Å². The topological polar surface area (TPSA) is 72.3 Å². The second-order valence-electron chi connectivity index (χ2n) is 8.72. The highest BCUT2D eigenvalue weighted by Crippen LogP contribution is 2.39. The molecule has 8 heteroatoms. The fourth-order valence-corrected chi connectivity index (χ4v) is 4.38. The van der Waals surface area contributed by atoms with Crippen LogP contribution >= 0.6 is 0 Å². The fraction of sp³-hybridized carbons (Fsp3) is 0.346. The van der Waals surface area contributed by atoms with Gasteiger partial charge in [-0.2, -0.15) is 0 Å². The first-order valence-electron chi connectivity index (χ1n) is 11.1. The minimum absolute atomic E-state index is 0.101. The maximum atomic E-state index is 14.4. The van der Waals surface area contributed by atoms with Crippen molar-refractivity contribution in [3.8, 4) is 11.3 Å². The molecule has 3 aromatic rings. The maximum Gasteiger partial charge on any atom is 0.185 e. The molecule has 0 spiro atoms. The van der Waals surface area contributed by atoms with Gasteiger partial charge in [0.15, 0.2) is 5.78 Å². The van der Waals surface area contributed by atoms with Crippen LogP contribution in [0.1, 0.15) is 48.0 Å². The summed E-state index contributed by atoms with van der Waals surface area (Å²) in [7, 11) is 0. The van der Waals surface area contributed by atoms with Crippen molar-refractivity contribution in [2.45, 2.75) is 38.9 Å². The Morgan fingerprint density at radius 3 is 2.53 bits per heavy atom. The number of rotatable bonds is 6. The van der Waals surface area contributed by atoms with Crippen molar-refractivity contribution in [3.63, 3.8) is 0 Å². The zero-order valence-corrected chi connectivity index (χ0v) is 18.8. The number of nitrogens with zero attached hydrogens (tertiary/aromatic N) is 2. The number of carbonyl (C=O) groups is 1. The summed E-state index contributed by atoms with van der Waals surface area (Å²) in [5.41, 5.74) is 0.0971. The number of carbonyl (C=O) groups excluding carboxylic acids is 1. The Morgan fingerprint density at radius 1 is 1.09 bits per heavy atom. The first kappa shape index (κ1) is 24.0. The lowest BCUT2D eigenvalue weighted by Crippen LogP contribution is -2.37. The molecular weight excluding hydrogens is 445 g/mol. The van der Waals surface area contributed by atoms with Crippen LogP contribution < -0.4 is 0 Å². The third-order valence-corrected chi connectivity index (χ3v) is 6.56. The van der Waals surface area contributed by atoms with Crippen LogP contribution in [-0.4, -0.2) is 33.6 Å². The molecule has 1 N–H and O–H groups in total. The molecule has 0 unspecified atom stereocenters. The van der Waals surface area contributed by atoms with E-state index in [1.54, 1.807) is 18.5 Å². The Kier molecular flexibility index (Phi) is 7.09. The van der Waals surface area contributed by atoms with Crippen LogP contribution in [0.5, 0.6) is 0 Å². The molecule has 1 aromatic carbocycles. The zero-order valence-electron chi connectivity index (χ0n) is 18.8. The largest absolute Gasteiger partial charge is 0.394 e. The molecule has 1 aliphatic rings. The Hall–Kier alpha value is -3.10. The van der Waals surface area contributed by atoms with Crippen molar-refractivity contribution in [1.29, 1.82) is 0 Å². The molecule has 0 saturated carbocycles. The van der Waals surface area contributed by atoms with Gasteiger partial charge in [0.2, 0.25) is 0 Å². The standard InChI is InChI=1S/C26H25F3N2O3/c1-14-10-23(34-24(13-32)15(14)2)17-8-9-30-12-16(17)11-22(33)21-7-6-20(29)26(31-21)25-18(27)4-3-5-19(25)28/h3-9,12,14-15,23-24,32H,10-11,13H2,1-2H3/t14-,15+,23-,24-/m1/s1. The number of aromatic nitrogens is 2. The number of hydrogen-bond acceptors (Lipinski definition) is 5. The fourth-order valence-electron chi connectivity index (χ4n) is 4.38. The van der Waals surface area contributed by atoms with Crippen LogP contribution in [0.15, 0.2) is 48.8 Å². The van der Waals surface area contributed by atoms with Crippen molar-refractivity contribution in [2.24, 2.45) is 11.8 Å².